The Kier molecular flexibility index (Phi) is 5.77. The Morgan fingerprint density at radius 1 is 1.12 bits per heavy atom. The molecular weight excluding hydrogens is 314 g/mol. The monoisotopic (exact) mass is 345 g/mol. The van der Waals surface area contributed by atoms with Gasteiger partial charge in [-0.3, -0.25) is 4.90 Å². The van der Waals surface area contributed by atoms with Crippen molar-refractivity contribution < 1.29 is 0 Å². The molecule has 2 N–H and O–H groups in total. The highest BCUT2D eigenvalue weighted by Gasteiger charge is 2.37. The van der Waals surface area contributed by atoms with Gasteiger partial charge in [0.2, 0.25) is 0 Å². The van der Waals surface area contributed by atoms with Crippen LogP contribution in [0, 0.1) is 13.8 Å². The third-order valence-electron chi connectivity index (χ3n) is 5.42. The van der Waals surface area contributed by atoms with E-state index in [9.17, 15) is 0 Å². The number of nitrogens with one attached hydrogen (secondary N) is 2. The van der Waals surface area contributed by atoms with E-state index in [4.69, 9.17) is 12.2 Å². The molecule has 0 saturated carbocycles. The molecule has 2 aliphatic heterocycles. The van der Waals surface area contributed by atoms with Crippen LogP contribution < -0.4 is 10.6 Å². The standard InChI is InChI=1S/C20H31N3S/c1-4-8-23-18-6-5-7-19(23)13-17(12-18)22-20(24)21-16-10-14(2)9-15(3)11-16/h9-11,17-19H,4-8,12-13H2,1-3H3,(H2,21,22,24)/t18-,19-/m1/s1. The summed E-state index contributed by atoms with van der Waals surface area (Å²) in [5, 5.41) is 7.74. The van der Waals surface area contributed by atoms with E-state index in [1.807, 2.05) is 0 Å². The van der Waals surface area contributed by atoms with E-state index >= 15 is 0 Å². The van der Waals surface area contributed by atoms with Crippen molar-refractivity contribution in [2.75, 3.05) is 11.9 Å². The number of hydrogen-bond acceptors (Lipinski definition) is 2. The van der Waals surface area contributed by atoms with Crippen molar-refractivity contribution in [3.63, 3.8) is 0 Å². The van der Waals surface area contributed by atoms with E-state index in [-0.39, 0.29) is 0 Å². The van der Waals surface area contributed by atoms with Gasteiger partial charge in [-0.1, -0.05) is 19.4 Å². The number of nitrogens with zero attached hydrogens (tertiary/aromatic N) is 1. The molecule has 0 amide bonds. The predicted molar refractivity (Wildman–Crippen MR) is 107 cm³/mol. The van der Waals surface area contributed by atoms with Crippen molar-refractivity contribution in [1.29, 1.82) is 0 Å². The van der Waals surface area contributed by atoms with Crippen LogP contribution in [-0.2, 0) is 0 Å². The Balaban J connectivity index is 1.57. The van der Waals surface area contributed by atoms with Gasteiger partial charge >= 0.3 is 0 Å². The summed E-state index contributed by atoms with van der Waals surface area (Å²) >= 11 is 5.58. The quantitative estimate of drug-likeness (QED) is 0.792. The number of benzene rings is 1. The minimum atomic E-state index is 0.513. The fraction of sp³-hybridized carbons (Fsp3) is 0.650. The summed E-state index contributed by atoms with van der Waals surface area (Å²) in [6, 6.07) is 8.50. The Morgan fingerprint density at radius 3 is 2.33 bits per heavy atom. The van der Waals surface area contributed by atoms with Crippen molar-refractivity contribution >= 4 is 23.0 Å². The van der Waals surface area contributed by atoms with E-state index < -0.39 is 0 Å². The molecular formula is C20H31N3S. The zero-order valence-electron chi connectivity index (χ0n) is 15.3. The molecule has 24 heavy (non-hydrogen) atoms. The van der Waals surface area contributed by atoms with E-state index in [2.05, 4.69) is 54.5 Å². The molecule has 4 heteroatoms. The number of fused-ring (bicyclic) bond motifs is 2. The lowest BCUT2D eigenvalue weighted by Crippen LogP contribution is -2.57. The zero-order valence-corrected chi connectivity index (χ0v) is 16.1. The summed E-state index contributed by atoms with van der Waals surface area (Å²) in [4.78, 5) is 2.77. The van der Waals surface area contributed by atoms with Crippen molar-refractivity contribution in [3.8, 4) is 0 Å². The fourth-order valence-electron chi connectivity index (χ4n) is 4.62. The molecule has 1 aromatic rings. The van der Waals surface area contributed by atoms with Crippen LogP contribution in [-0.4, -0.2) is 34.7 Å². The minimum Gasteiger partial charge on any atom is -0.360 e. The molecule has 132 valence electrons. The lowest BCUT2D eigenvalue weighted by molar-refractivity contribution is 0.0284. The van der Waals surface area contributed by atoms with Crippen LogP contribution in [0.1, 0.15) is 56.6 Å². The number of thiocarbonyl (C=S) groups is 1. The van der Waals surface area contributed by atoms with Gasteiger partial charge in [0.1, 0.15) is 0 Å². The summed E-state index contributed by atoms with van der Waals surface area (Å²) in [7, 11) is 0. The Labute approximate surface area is 152 Å². The van der Waals surface area contributed by atoms with Gasteiger partial charge in [0.05, 0.1) is 0 Å². The van der Waals surface area contributed by atoms with Gasteiger partial charge < -0.3 is 10.6 Å². The van der Waals surface area contributed by atoms with E-state index in [1.54, 1.807) is 0 Å². The molecule has 3 rings (SSSR count). The highest BCUT2D eigenvalue weighted by Crippen LogP contribution is 2.34. The van der Waals surface area contributed by atoms with Gasteiger partial charge in [-0.05, 0) is 88.0 Å². The second-order valence-corrected chi connectivity index (χ2v) is 8.03. The molecule has 0 spiro atoms. The largest absolute Gasteiger partial charge is 0.360 e. The average Bonchev–Trinajstić information content (AvgIpc) is 2.47. The molecule has 2 heterocycles. The first-order valence-electron chi connectivity index (χ1n) is 9.46. The van der Waals surface area contributed by atoms with Crippen LogP contribution in [0.4, 0.5) is 5.69 Å². The Hall–Kier alpha value is -1.13. The maximum atomic E-state index is 5.58. The maximum absolute atomic E-state index is 5.58. The van der Waals surface area contributed by atoms with Gasteiger partial charge in [0.15, 0.2) is 5.11 Å². The zero-order chi connectivity index (χ0) is 17.1. The molecule has 2 atom stereocenters. The van der Waals surface area contributed by atoms with Crippen molar-refractivity contribution in [3.05, 3.63) is 29.3 Å². The van der Waals surface area contributed by atoms with Crippen LogP contribution in [0.25, 0.3) is 0 Å². The fourth-order valence-corrected chi connectivity index (χ4v) is 4.90. The topological polar surface area (TPSA) is 27.3 Å². The summed E-state index contributed by atoms with van der Waals surface area (Å²) in [6.07, 6.45) is 7.82. The SMILES string of the molecule is CCCN1[C@@H]2CCC[C@@H]1CC(NC(=S)Nc1cc(C)cc(C)c1)C2. The molecule has 0 unspecified atom stereocenters. The van der Waals surface area contributed by atoms with Gasteiger partial charge in [-0.2, -0.15) is 0 Å². The number of anilines is 1. The maximum Gasteiger partial charge on any atom is 0.170 e. The Morgan fingerprint density at radius 2 is 1.75 bits per heavy atom. The average molecular weight is 346 g/mol. The van der Waals surface area contributed by atoms with Crippen LogP contribution >= 0.6 is 12.2 Å². The smallest absolute Gasteiger partial charge is 0.170 e. The lowest BCUT2D eigenvalue weighted by atomic mass is 9.81. The van der Waals surface area contributed by atoms with Gasteiger partial charge in [-0.15, -0.1) is 0 Å². The second-order valence-electron chi connectivity index (χ2n) is 7.62. The lowest BCUT2D eigenvalue weighted by Gasteiger charge is -2.49. The highest BCUT2D eigenvalue weighted by molar-refractivity contribution is 7.80. The van der Waals surface area contributed by atoms with E-state index in [0.717, 1.165) is 22.9 Å². The van der Waals surface area contributed by atoms with Gasteiger partial charge in [-0.25, -0.2) is 0 Å². The summed E-state index contributed by atoms with van der Waals surface area (Å²) in [5.41, 5.74) is 3.62. The number of aryl methyl sites for hydroxylation is 2. The molecule has 2 bridgehead atoms. The number of hydrogen-bond donors (Lipinski definition) is 2. The van der Waals surface area contributed by atoms with E-state index in [1.165, 1.54) is 56.2 Å². The number of piperidine rings is 2. The van der Waals surface area contributed by atoms with Crippen molar-refractivity contribution in [2.24, 2.45) is 0 Å². The third kappa shape index (κ3) is 4.28. The minimum absolute atomic E-state index is 0.513. The molecule has 2 saturated heterocycles. The molecule has 0 radical (unpaired) electrons. The third-order valence-corrected chi connectivity index (χ3v) is 5.64. The van der Waals surface area contributed by atoms with Crippen LogP contribution in [0.3, 0.4) is 0 Å². The predicted octanol–water partition coefficient (Wildman–Crippen LogP) is 4.39. The first kappa shape index (κ1) is 17.7. The van der Waals surface area contributed by atoms with Crippen molar-refractivity contribution in [2.45, 2.75) is 77.4 Å². The molecule has 0 aromatic heterocycles. The molecule has 2 aliphatic rings. The van der Waals surface area contributed by atoms with Crippen molar-refractivity contribution in [1.82, 2.24) is 10.2 Å². The normalized spacial score (nSPS) is 26.9. The summed E-state index contributed by atoms with van der Waals surface area (Å²) in [5.74, 6) is 0. The van der Waals surface area contributed by atoms with Crippen LogP contribution in [0.15, 0.2) is 18.2 Å². The highest BCUT2D eigenvalue weighted by atomic mass is 32.1. The van der Waals surface area contributed by atoms with Gasteiger partial charge in [0, 0.05) is 23.8 Å². The van der Waals surface area contributed by atoms with Gasteiger partial charge in [0.25, 0.3) is 0 Å². The Bertz CT molecular complexity index is 552. The first-order chi connectivity index (χ1) is 11.5. The number of rotatable bonds is 4. The van der Waals surface area contributed by atoms with Crippen LogP contribution in [0.2, 0.25) is 0 Å². The summed E-state index contributed by atoms with van der Waals surface area (Å²) in [6.45, 7) is 7.80. The molecule has 1 aromatic carbocycles. The molecule has 2 fully saturated rings. The summed E-state index contributed by atoms with van der Waals surface area (Å²) < 4.78 is 0. The molecule has 0 aliphatic carbocycles. The van der Waals surface area contributed by atoms with E-state index in [0.29, 0.717) is 6.04 Å². The van der Waals surface area contributed by atoms with Crippen LogP contribution in [0.5, 0.6) is 0 Å². The first-order valence-corrected chi connectivity index (χ1v) is 9.87. The molecule has 3 nitrogen and oxygen atoms in total. The second kappa shape index (κ2) is 7.83.